The second-order valence-corrected chi connectivity index (χ2v) is 7.15. The molecule has 8 nitrogen and oxygen atoms in total. The Morgan fingerprint density at radius 1 is 1.00 bits per heavy atom. The van der Waals surface area contributed by atoms with Crippen molar-refractivity contribution >= 4 is 23.2 Å². The van der Waals surface area contributed by atoms with Gasteiger partial charge in [-0.1, -0.05) is 30.3 Å². The van der Waals surface area contributed by atoms with Crippen LogP contribution in [0.4, 0.5) is 11.4 Å². The van der Waals surface area contributed by atoms with Crippen LogP contribution in [0.2, 0.25) is 0 Å². The van der Waals surface area contributed by atoms with Crippen LogP contribution in [0.3, 0.4) is 0 Å². The summed E-state index contributed by atoms with van der Waals surface area (Å²) in [5.41, 5.74) is 1.34. The number of nitro groups is 1. The number of nitro benzene ring substituents is 1. The van der Waals surface area contributed by atoms with Gasteiger partial charge in [0.1, 0.15) is 5.92 Å². The topological polar surface area (TPSA) is 93.0 Å². The maximum atomic E-state index is 13.1. The minimum atomic E-state index is -0.907. The van der Waals surface area contributed by atoms with E-state index in [0.29, 0.717) is 11.3 Å². The third-order valence-corrected chi connectivity index (χ3v) is 5.12. The van der Waals surface area contributed by atoms with Crippen molar-refractivity contribution in [2.75, 3.05) is 5.06 Å². The maximum Gasteiger partial charge on any atom is 0.269 e. The molecule has 2 aliphatic rings. The predicted molar refractivity (Wildman–Crippen MR) is 100 cm³/mol. The number of hydrogen-bond acceptors (Lipinski definition) is 6. The highest BCUT2D eigenvalue weighted by molar-refractivity contribution is 6.08. The zero-order valence-corrected chi connectivity index (χ0v) is 15.4. The van der Waals surface area contributed by atoms with Crippen LogP contribution in [-0.4, -0.2) is 33.8 Å². The third-order valence-electron chi connectivity index (χ3n) is 5.12. The first-order valence-corrected chi connectivity index (χ1v) is 9.02. The number of carbonyl (C=O) groups is 2. The van der Waals surface area contributed by atoms with Crippen molar-refractivity contribution in [3.8, 4) is 0 Å². The zero-order chi connectivity index (χ0) is 20.0. The average molecular weight is 381 g/mol. The van der Waals surface area contributed by atoms with E-state index in [1.54, 1.807) is 31.0 Å². The highest BCUT2D eigenvalue weighted by Gasteiger charge is 2.60. The van der Waals surface area contributed by atoms with E-state index in [4.69, 9.17) is 4.84 Å². The van der Waals surface area contributed by atoms with E-state index >= 15 is 0 Å². The summed E-state index contributed by atoms with van der Waals surface area (Å²) in [6.45, 7) is 3.57. The minimum Gasteiger partial charge on any atom is -0.277 e. The molecular formula is C20H19N3O5. The number of benzene rings is 2. The summed E-state index contributed by atoms with van der Waals surface area (Å²) >= 11 is 0. The van der Waals surface area contributed by atoms with Gasteiger partial charge in [0.25, 0.3) is 11.6 Å². The summed E-state index contributed by atoms with van der Waals surface area (Å²) in [5, 5.41) is 12.6. The van der Waals surface area contributed by atoms with Crippen LogP contribution in [0.1, 0.15) is 25.5 Å². The van der Waals surface area contributed by atoms with E-state index in [2.05, 4.69) is 0 Å². The van der Waals surface area contributed by atoms with Crippen LogP contribution in [0.5, 0.6) is 0 Å². The summed E-state index contributed by atoms with van der Waals surface area (Å²) in [6, 6.07) is 14.4. The normalized spacial score (nSPS) is 24.2. The van der Waals surface area contributed by atoms with Gasteiger partial charge in [0.15, 0.2) is 6.10 Å². The summed E-state index contributed by atoms with van der Waals surface area (Å²) < 4.78 is 0. The largest absolute Gasteiger partial charge is 0.277 e. The predicted octanol–water partition coefficient (Wildman–Crippen LogP) is 2.85. The fraction of sp³-hybridized carbons (Fsp3) is 0.300. The molecule has 2 aliphatic heterocycles. The molecule has 2 fully saturated rings. The first kappa shape index (κ1) is 18.1. The van der Waals surface area contributed by atoms with Crippen molar-refractivity contribution in [3.63, 3.8) is 0 Å². The lowest BCUT2D eigenvalue weighted by Crippen LogP contribution is -2.41. The molecule has 2 saturated heterocycles. The number of hydrogen-bond donors (Lipinski definition) is 0. The molecule has 28 heavy (non-hydrogen) atoms. The lowest BCUT2D eigenvalue weighted by molar-refractivity contribution is -0.384. The molecule has 0 aliphatic carbocycles. The molecule has 2 aromatic rings. The van der Waals surface area contributed by atoms with Crippen LogP contribution in [0, 0.1) is 16.0 Å². The first-order chi connectivity index (χ1) is 13.4. The van der Waals surface area contributed by atoms with Gasteiger partial charge >= 0.3 is 0 Å². The summed E-state index contributed by atoms with van der Waals surface area (Å²) in [4.78, 5) is 43.6. The molecule has 144 valence electrons. The number of likely N-dealkylation sites (tertiary alicyclic amines) is 1. The van der Waals surface area contributed by atoms with Gasteiger partial charge in [-0.05, 0) is 31.5 Å². The molecule has 8 heteroatoms. The molecule has 2 amide bonds. The Morgan fingerprint density at radius 3 is 2.21 bits per heavy atom. The Kier molecular flexibility index (Phi) is 4.35. The second kappa shape index (κ2) is 6.72. The lowest BCUT2D eigenvalue weighted by atomic mass is 9.90. The van der Waals surface area contributed by atoms with Crippen molar-refractivity contribution in [1.82, 2.24) is 4.90 Å². The quantitative estimate of drug-likeness (QED) is 0.459. The van der Waals surface area contributed by atoms with Gasteiger partial charge in [0.2, 0.25) is 5.91 Å². The van der Waals surface area contributed by atoms with Crippen LogP contribution in [0.25, 0.3) is 0 Å². The van der Waals surface area contributed by atoms with E-state index in [9.17, 15) is 19.7 Å². The van der Waals surface area contributed by atoms with Gasteiger partial charge in [-0.2, -0.15) is 0 Å². The number of fused-ring (bicyclic) bond motifs is 1. The molecule has 0 N–H and O–H groups in total. The van der Waals surface area contributed by atoms with Crippen LogP contribution >= 0.6 is 0 Å². The highest BCUT2D eigenvalue weighted by atomic mass is 16.7. The van der Waals surface area contributed by atoms with Crippen LogP contribution in [-0.2, 0) is 14.4 Å². The van der Waals surface area contributed by atoms with Crippen LogP contribution in [0.15, 0.2) is 54.6 Å². The van der Waals surface area contributed by atoms with Crippen molar-refractivity contribution in [2.24, 2.45) is 5.92 Å². The lowest BCUT2D eigenvalue weighted by Gasteiger charge is -2.29. The number of rotatable bonds is 4. The Balaban J connectivity index is 1.79. The van der Waals surface area contributed by atoms with E-state index in [0.717, 1.165) is 0 Å². The van der Waals surface area contributed by atoms with Gasteiger partial charge in [0.05, 0.1) is 16.7 Å². The van der Waals surface area contributed by atoms with Gasteiger partial charge in [-0.15, -0.1) is 0 Å². The van der Waals surface area contributed by atoms with E-state index in [-0.39, 0.29) is 23.5 Å². The summed E-state index contributed by atoms with van der Waals surface area (Å²) in [7, 11) is 0. The van der Waals surface area contributed by atoms with E-state index < -0.39 is 23.0 Å². The third kappa shape index (κ3) is 2.73. The Hall–Kier alpha value is -3.26. The number of carbonyl (C=O) groups excluding carboxylic acids is 2. The molecule has 3 atom stereocenters. The number of non-ortho nitro benzene ring substituents is 1. The molecule has 4 rings (SSSR count). The summed E-state index contributed by atoms with van der Waals surface area (Å²) in [5.74, 6) is -1.35. The Bertz CT molecular complexity index is 929. The highest BCUT2D eigenvalue weighted by Crippen LogP contribution is 2.47. The number of imide groups is 1. The standard InChI is InChI=1S/C20H19N3O5/c1-12(2)21-19(24)16-17(13-8-10-15(11-9-13)23(26)27)22(28-18(16)20(21)25)14-6-4-3-5-7-14/h3-12,16-18H,1-2H3/t16-,17+,18+/m1/s1. The van der Waals surface area contributed by atoms with Crippen molar-refractivity contribution in [3.05, 3.63) is 70.3 Å². The van der Waals surface area contributed by atoms with E-state index in [1.807, 2.05) is 30.3 Å². The van der Waals surface area contributed by atoms with Gasteiger partial charge in [-0.3, -0.25) is 29.4 Å². The second-order valence-electron chi connectivity index (χ2n) is 7.15. The molecule has 2 aromatic carbocycles. The number of anilines is 1. The molecule has 0 saturated carbocycles. The van der Waals surface area contributed by atoms with Gasteiger partial charge in [0, 0.05) is 18.2 Å². The number of amides is 2. The zero-order valence-electron chi connectivity index (χ0n) is 15.4. The Morgan fingerprint density at radius 2 is 1.64 bits per heavy atom. The fourth-order valence-corrected chi connectivity index (χ4v) is 3.88. The Labute approximate surface area is 161 Å². The number of nitrogens with zero attached hydrogens (tertiary/aromatic N) is 3. The van der Waals surface area contributed by atoms with Crippen molar-refractivity contribution < 1.29 is 19.3 Å². The molecule has 0 bridgehead atoms. The average Bonchev–Trinajstić information content (AvgIpc) is 3.19. The minimum absolute atomic E-state index is 0.0388. The first-order valence-electron chi connectivity index (χ1n) is 9.02. The number of para-hydroxylation sites is 1. The monoisotopic (exact) mass is 381 g/mol. The molecule has 0 radical (unpaired) electrons. The number of hydroxylamine groups is 1. The SMILES string of the molecule is CC(C)N1C(=O)[C@H]2[C@H](ON(c3ccccc3)[C@H]2c2ccc([N+](=O)[O-])cc2)C1=O. The van der Waals surface area contributed by atoms with Crippen molar-refractivity contribution in [2.45, 2.75) is 32.0 Å². The van der Waals surface area contributed by atoms with Crippen LogP contribution < -0.4 is 5.06 Å². The van der Waals surface area contributed by atoms with Crippen molar-refractivity contribution in [1.29, 1.82) is 0 Å². The molecule has 0 unspecified atom stereocenters. The molecule has 0 spiro atoms. The molecule has 0 aromatic heterocycles. The molecular weight excluding hydrogens is 362 g/mol. The smallest absolute Gasteiger partial charge is 0.269 e. The maximum absolute atomic E-state index is 13.1. The summed E-state index contributed by atoms with van der Waals surface area (Å²) in [6.07, 6.45) is -0.907. The van der Waals surface area contributed by atoms with E-state index in [1.165, 1.54) is 17.0 Å². The fourth-order valence-electron chi connectivity index (χ4n) is 3.88. The van der Waals surface area contributed by atoms with Gasteiger partial charge < -0.3 is 0 Å². The molecule has 2 heterocycles. The van der Waals surface area contributed by atoms with Gasteiger partial charge in [-0.25, -0.2) is 5.06 Å².